The molecule has 0 saturated heterocycles. The fraction of sp³-hybridized carbons (Fsp3) is 0.500. The van der Waals surface area contributed by atoms with E-state index in [9.17, 15) is 4.79 Å². The van der Waals surface area contributed by atoms with Gasteiger partial charge in [-0.1, -0.05) is 24.4 Å². The zero-order chi connectivity index (χ0) is 12.3. The largest absolute Gasteiger partial charge is 0.373 e. The Kier molecular flexibility index (Phi) is 3.84. The van der Waals surface area contributed by atoms with Crippen LogP contribution in [-0.4, -0.2) is 24.0 Å². The predicted molar refractivity (Wildman–Crippen MR) is 68.5 cm³/mol. The first-order valence-electron chi connectivity index (χ1n) is 5.85. The number of anilines is 1. The molecule has 1 fully saturated rings. The fourth-order valence-corrected chi connectivity index (χ4v) is 2.30. The lowest BCUT2D eigenvalue weighted by Gasteiger charge is -2.12. The normalized spacial score (nSPS) is 15.9. The molecule has 2 N–H and O–H groups in total. The van der Waals surface area contributed by atoms with E-state index in [0.29, 0.717) is 22.6 Å². The number of rotatable bonds is 3. The highest BCUT2D eigenvalue weighted by Gasteiger charge is 2.18. The van der Waals surface area contributed by atoms with Crippen molar-refractivity contribution in [3.8, 4) is 0 Å². The van der Waals surface area contributed by atoms with Gasteiger partial charge in [-0.15, -0.1) is 0 Å². The summed E-state index contributed by atoms with van der Waals surface area (Å²) in [5, 5.41) is 6.23. The second-order valence-corrected chi connectivity index (χ2v) is 4.66. The molecule has 1 heterocycles. The Hall–Kier alpha value is -1.29. The molecule has 5 heteroatoms. The minimum atomic E-state index is -0.0716. The highest BCUT2D eigenvalue weighted by atomic mass is 35.5. The number of hydrogen-bond acceptors (Lipinski definition) is 3. The summed E-state index contributed by atoms with van der Waals surface area (Å²) in [7, 11) is 1.75. The second-order valence-electron chi connectivity index (χ2n) is 4.27. The van der Waals surface area contributed by atoms with Gasteiger partial charge in [-0.25, -0.2) is 4.98 Å². The zero-order valence-corrected chi connectivity index (χ0v) is 10.5. The average Bonchev–Trinajstić information content (AvgIpc) is 2.81. The van der Waals surface area contributed by atoms with Gasteiger partial charge in [0.05, 0.1) is 0 Å². The number of nitrogens with one attached hydrogen (secondary N) is 2. The van der Waals surface area contributed by atoms with E-state index < -0.39 is 0 Å². The Morgan fingerprint density at radius 1 is 1.41 bits per heavy atom. The van der Waals surface area contributed by atoms with Crippen molar-refractivity contribution in [3.05, 3.63) is 22.8 Å². The Labute approximate surface area is 106 Å². The van der Waals surface area contributed by atoms with Gasteiger partial charge in [-0.05, 0) is 25.0 Å². The predicted octanol–water partition coefficient (Wildman–Crippen LogP) is 2.45. The third-order valence-electron chi connectivity index (χ3n) is 3.00. The quantitative estimate of drug-likeness (QED) is 0.814. The van der Waals surface area contributed by atoms with E-state index in [2.05, 4.69) is 15.6 Å². The summed E-state index contributed by atoms with van der Waals surface area (Å²) >= 11 is 5.86. The first kappa shape index (κ1) is 12.2. The SMILES string of the molecule is CNc1cc(C(=O)NC2CCCC2)cc(Cl)n1. The Morgan fingerprint density at radius 3 is 2.76 bits per heavy atom. The molecule has 4 nitrogen and oxygen atoms in total. The van der Waals surface area contributed by atoms with Crippen LogP contribution in [-0.2, 0) is 0 Å². The first-order chi connectivity index (χ1) is 8.19. The Bertz CT molecular complexity index is 416. The van der Waals surface area contributed by atoms with Crippen LogP contribution in [0.4, 0.5) is 5.82 Å². The summed E-state index contributed by atoms with van der Waals surface area (Å²) in [6, 6.07) is 3.61. The molecule has 1 amide bonds. The van der Waals surface area contributed by atoms with Gasteiger partial charge < -0.3 is 10.6 Å². The van der Waals surface area contributed by atoms with Crippen molar-refractivity contribution in [2.24, 2.45) is 0 Å². The molecule has 1 aromatic rings. The molecule has 1 aliphatic carbocycles. The highest BCUT2D eigenvalue weighted by molar-refractivity contribution is 6.29. The van der Waals surface area contributed by atoms with Gasteiger partial charge in [-0.3, -0.25) is 4.79 Å². The topological polar surface area (TPSA) is 54.0 Å². The minimum Gasteiger partial charge on any atom is -0.373 e. The monoisotopic (exact) mass is 253 g/mol. The smallest absolute Gasteiger partial charge is 0.251 e. The van der Waals surface area contributed by atoms with Gasteiger partial charge in [-0.2, -0.15) is 0 Å². The van der Waals surface area contributed by atoms with E-state index in [-0.39, 0.29) is 5.91 Å². The van der Waals surface area contributed by atoms with Crippen LogP contribution < -0.4 is 10.6 Å². The maximum absolute atomic E-state index is 12.0. The number of hydrogen-bond donors (Lipinski definition) is 2. The lowest BCUT2D eigenvalue weighted by atomic mass is 10.2. The third-order valence-corrected chi connectivity index (χ3v) is 3.20. The van der Waals surface area contributed by atoms with Crippen LogP contribution in [0.5, 0.6) is 0 Å². The summed E-state index contributed by atoms with van der Waals surface area (Å²) in [5.41, 5.74) is 0.557. The van der Waals surface area contributed by atoms with Crippen LogP contribution >= 0.6 is 11.6 Å². The lowest BCUT2D eigenvalue weighted by molar-refractivity contribution is 0.0938. The molecule has 92 valence electrons. The second kappa shape index (κ2) is 5.36. The van der Waals surface area contributed by atoms with E-state index in [1.807, 2.05) is 0 Å². The Morgan fingerprint density at radius 2 is 2.12 bits per heavy atom. The van der Waals surface area contributed by atoms with Gasteiger partial charge in [0, 0.05) is 18.7 Å². The molecule has 0 radical (unpaired) electrons. The number of carbonyl (C=O) groups excluding carboxylic acids is 1. The third kappa shape index (κ3) is 3.09. The van der Waals surface area contributed by atoms with E-state index >= 15 is 0 Å². The molecule has 17 heavy (non-hydrogen) atoms. The molecular weight excluding hydrogens is 238 g/mol. The fourth-order valence-electron chi connectivity index (χ4n) is 2.09. The summed E-state index contributed by atoms with van der Waals surface area (Å²) in [6.07, 6.45) is 4.54. The zero-order valence-electron chi connectivity index (χ0n) is 9.79. The Balaban J connectivity index is 2.09. The average molecular weight is 254 g/mol. The highest BCUT2D eigenvalue weighted by Crippen LogP contribution is 2.19. The van der Waals surface area contributed by atoms with Crippen LogP contribution in [0.3, 0.4) is 0 Å². The number of nitrogens with zero attached hydrogens (tertiary/aromatic N) is 1. The molecule has 0 aromatic carbocycles. The van der Waals surface area contributed by atoms with Gasteiger partial charge in [0.15, 0.2) is 0 Å². The maximum Gasteiger partial charge on any atom is 0.251 e. The molecule has 0 aliphatic heterocycles. The van der Waals surface area contributed by atoms with Gasteiger partial charge in [0.25, 0.3) is 5.91 Å². The minimum absolute atomic E-state index is 0.0716. The van der Waals surface area contributed by atoms with E-state index in [0.717, 1.165) is 12.8 Å². The number of halogens is 1. The van der Waals surface area contributed by atoms with Crippen molar-refractivity contribution in [2.75, 3.05) is 12.4 Å². The van der Waals surface area contributed by atoms with Crippen LogP contribution in [0, 0.1) is 0 Å². The van der Waals surface area contributed by atoms with E-state index in [1.165, 1.54) is 12.8 Å². The molecule has 2 rings (SSSR count). The summed E-state index contributed by atoms with van der Waals surface area (Å²) < 4.78 is 0. The number of amides is 1. The lowest BCUT2D eigenvalue weighted by Crippen LogP contribution is -2.32. The van der Waals surface area contributed by atoms with Crippen molar-refractivity contribution >= 4 is 23.3 Å². The van der Waals surface area contributed by atoms with Crippen LogP contribution in [0.2, 0.25) is 5.15 Å². The van der Waals surface area contributed by atoms with Crippen molar-refractivity contribution in [1.82, 2.24) is 10.3 Å². The van der Waals surface area contributed by atoms with Crippen molar-refractivity contribution in [2.45, 2.75) is 31.7 Å². The van der Waals surface area contributed by atoms with Crippen LogP contribution in [0.1, 0.15) is 36.0 Å². The van der Waals surface area contributed by atoms with Crippen LogP contribution in [0.15, 0.2) is 12.1 Å². The van der Waals surface area contributed by atoms with Gasteiger partial charge in [0.1, 0.15) is 11.0 Å². The van der Waals surface area contributed by atoms with Gasteiger partial charge >= 0.3 is 0 Å². The van der Waals surface area contributed by atoms with Gasteiger partial charge in [0.2, 0.25) is 0 Å². The molecular formula is C12H16ClN3O. The molecule has 0 atom stereocenters. The number of carbonyl (C=O) groups is 1. The van der Waals surface area contributed by atoms with E-state index in [1.54, 1.807) is 19.2 Å². The van der Waals surface area contributed by atoms with Crippen molar-refractivity contribution in [3.63, 3.8) is 0 Å². The standard InChI is InChI=1S/C12H16ClN3O/c1-14-11-7-8(6-10(13)16-11)12(17)15-9-4-2-3-5-9/h6-7,9H,2-5H2,1H3,(H,14,16)(H,15,17). The molecule has 1 saturated carbocycles. The summed E-state index contributed by atoms with van der Waals surface area (Å²) in [4.78, 5) is 16.0. The molecule has 1 aliphatic rings. The molecule has 0 spiro atoms. The maximum atomic E-state index is 12.0. The summed E-state index contributed by atoms with van der Waals surface area (Å²) in [6.45, 7) is 0. The number of pyridine rings is 1. The van der Waals surface area contributed by atoms with Crippen LogP contribution in [0.25, 0.3) is 0 Å². The summed E-state index contributed by atoms with van der Waals surface area (Å²) in [5.74, 6) is 0.534. The van der Waals surface area contributed by atoms with Crippen molar-refractivity contribution < 1.29 is 4.79 Å². The molecule has 0 unspecified atom stereocenters. The molecule has 0 bridgehead atoms. The van der Waals surface area contributed by atoms with E-state index in [4.69, 9.17) is 11.6 Å². The first-order valence-corrected chi connectivity index (χ1v) is 6.23. The van der Waals surface area contributed by atoms with Crippen molar-refractivity contribution in [1.29, 1.82) is 0 Å². The molecule has 1 aromatic heterocycles. The number of aromatic nitrogens is 1.